The zero-order valence-corrected chi connectivity index (χ0v) is 24.3. The molecule has 1 unspecified atom stereocenters. The van der Waals surface area contributed by atoms with Crippen molar-refractivity contribution in [3.63, 3.8) is 0 Å². The molecule has 1 aromatic heterocycles. The molecular weight excluding hydrogens is 541 g/mol. The van der Waals surface area contributed by atoms with Gasteiger partial charge >= 0.3 is 12.1 Å². The lowest BCUT2D eigenvalue weighted by Crippen LogP contribution is -2.23. The molecule has 5 rings (SSSR count). The van der Waals surface area contributed by atoms with Crippen LogP contribution in [0.25, 0.3) is 21.6 Å². The summed E-state index contributed by atoms with van der Waals surface area (Å²) in [6.07, 6.45) is 0.436. The van der Waals surface area contributed by atoms with Crippen LogP contribution in [0.2, 0.25) is 0 Å². The third-order valence-corrected chi connectivity index (χ3v) is 8.45. The van der Waals surface area contributed by atoms with Crippen molar-refractivity contribution in [3.8, 4) is 27.3 Å². The number of amides is 1. The molecule has 4 aromatic rings. The number of halogens is 1. The van der Waals surface area contributed by atoms with E-state index in [1.165, 1.54) is 6.07 Å². The van der Waals surface area contributed by atoms with Gasteiger partial charge in [0.2, 0.25) is 0 Å². The molecule has 1 atom stereocenters. The first-order valence-corrected chi connectivity index (χ1v) is 14.4. The highest BCUT2D eigenvalue weighted by molar-refractivity contribution is 7.14. The number of esters is 1. The highest BCUT2D eigenvalue weighted by Gasteiger charge is 2.52. The van der Waals surface area contributed by atoms with Crippen LogP contribution in [-0.2, 0) is 19.7 Å². The molecule has 1 N–H and O–H groups in total. The fraction of sp³-hybridized carbons (Fsp3) is 0.273. The highest BCUT2D eigenvalue weighted by atomic mass is 32.1. The second kappa shape index (κ2) is 11.7. The Morgan fingerprint density at radius 2 is 1.73 bits per heavy atom. The van der Waals surface area contributed by atoms with Crippen LogP contribution in [0, 0.1) is 12.1 Å². The van der Waals surface area contributed by atoms with Gasteiger partial charge in [0.25, 0.3) is 0 Å². The van der Waals surface area contributed by atoms with Crippen molar-refractivity contribution in [3.05, 3.63) is 94.6 Å². The first kappa shape index (κ1) is 28.4. The van der Waals surface area contributed by atoms with Crippen LogP contribution in [0.4, 0.5) is 14.9 Å². The summed E-state index contributed by atoms with van der Waals surface area (Å²) in [6.45, 7) is 5.93. The first-order valence-electron chi connectivity index (χ1n) is 13.5. The Morgan fingerprint density at radius 3 is 2.39 bits per heavy atom. The number of thiophene rings is 1. The van der Waals surface area contributed by atoms with Gasteiger partial charge < -0.3 is 14.2 Å². The fourth-order valence-corrected chi connectivity index (χ4v) is 5.96. The van der Waals surface area contributed by atoms with E-state index in [2.05, 4.69) is 5.32 Å². The number of ether oxygens (including phenoxy) is 3. The van der Waals surface area contributed by atoms with Crippen molar-refractivity contribution >= 4 is 29.1 Å². The zero-order chi connectivity index (χ0) is 29.1. The minimum absolute atomic E-state index is 0.171. The Labute approximate surface area is 243 Å². The van der Waals surface area contributed by atoms with E-state index in [1.54, 1.807) is 14.0 Å². The Kier molecular flexibility index (Phi) is 8.13. The van der Waals surface area contributed by atoms with Gasteiger partial charge in [-0.1, -0.05) is 60.7 Å². The molecule has 1 heterocycles. The Bertz CT molecular complexity index is 1570. The molecule has 6 nitrogen and oxygen atoms in total. The molecule has 1 amide bonds. The van der Waals surface area contributed by atoms with Crippen LogP contribution in [0.1, 0.15) is 49.5 Å². The summed E-state index contributed by atoms with van der Waals surface area (Å²) in [5.41, 5.74) is 5.11. The molecular formula is C33H32FNO5S. The first-order chi connectivity index (χ1) is 19.8. The third-order valence-electron chi connectivity index (χ3n) is 7.48. The van der Waals surface area contributed by atoms with E-state index in [4.69, 9.17) is 14.2 Å². The fourth-order valence-electron chi connectivity index (χ4n) is 5.12. The van der Waals surface area contributed by atoms with Crippen LogP contribution in [0.5, 0.6) is 5.75 Å². The van der Waals surface area contributed by atoms with Gasteiger partial charge in [-0.15, -0.1) is 11.3 Å². The SMILES string of the molecule is CCOC(=O)C1(c2ccc(-c3ccc(-c4sc(F)cc4NC(=O)OC(C)c4ccccc4C)cc3OC)cc2)CC1. The predicted octanol–water partition coefficient (Wildman–Crippen LogP) is 8.44. The summed E-state index contributed by atoms with van der Waals surface area (Å²) in [5.74, 6) is 0.424. The number of benzene rings is 3. The smallest absolute Gasteiger partial charge is 0.412 e. The topological polar surface area (TPSA) is 73.9 Å². The van der Waals surface area contributed by atoms with Gasteiger partial charge in [0.15, 0.2) is 5.13 Å². The number of hydrogen-bond donors (Lipinski definition) is 1. The van der Waals surface area contributed by atoms with Crippen molar-refractivity contribution in [2.75, 3.05) is 19.0 Å². The number of aryl methyl sites for hydroxylation is 1. The largest absolute Gasteiger partial charge is 0.496 e. The lowest BCUT2D eigenvalue weighted by atomic mass is 9.93. The number of rotatable bonds is 9. The average molecular weight is 574 g/mol. The van der Waals surface area contributed by atoms with Gasteiger partial charge in [-0.05, 0) is 67.5 Å². The van der Waals surface area contributed by atoms with Crippen LogP contribution < -0.4 is 10.1 Å². The molecule has 212 valence electrons. The van der Waals surface area contributed by atoms with Gasteiger partial charge in [0, 0.05) is 11.6 Å². The highest BCUT2D eigenvalue weighted by Crippen LogP contribution is 2.50. The lowest BCUT2D eigenvalue weighted by Gasteiger charge is -2.17. The number of hydrogen-bond acceptors (Lipinski definition) is 6. The standard InChI is InChI=1S/C33H32FNO5S/c1-5-39-31(36)33(16-17-33)24-13-10-22(11-14-24)26-15-12-23(18-28(26)38-4)30-27(19-29(34)41-30)35-32(37)40-21(3)25-9-7-6-8-20(25)2/h6-15,18-19,21H,5,16-17H2,1-4H3,(H,35,37). The van der Waals surface area contributed by atoms with Crippen LogP contribution >= 0.6 is 11.3 Å². The van der Waals surface area contributed by atoms with Crippen LogP contribution in [-0.4, -0.2) is 25.8 Å². The molecule has 1 fully saturated rings. The molecule has 41 heavy (non-hydrogen) atoms. The minimum Gasteiger partial charge on any atom is -0.496 e. The molecule has 0 aliphatic heterocycles. The van der Waals surface area contributed by atoms with Crippen molar-refractivity contribution in [1.29, 1.82) is 0 Å². The second-order valence-electron chi connectivity index (χ2n) is 10.1. The summed E-state index contributed by atoms with van der Waals surface area (Å²) in [5, 5.41) is 2.27. The number of methoxy groups -OCH3 is 1. The summed E-state index contributed by atoms with van der Waals surface area (Å²) in [4.78, 5) is 25.8. The molecule has 0 radical (unpaired) electrons. The molecule has 0 bridgehead atoms. The van der Waals surface area contributed by atoms with Crippen molar-refractivity contribution in [2.45, 2.75) is 45.1 Å². The maximum absolute atomic E-state index is 14.4. The van der Waals surface area contributed by atoms with E-state index in [9.17, 15) is 14.0 Å². The Balaban J connectivity index is 1.35. The summed E-state index contributed by atoms with van der Waals surface area (Å²) in [6, 6.07) is 22.4. The molecule has 8 heteroatoms. The summed E-state index contributed by atoms with van der Waals surface area (Å²) < 4.78 is 31.0. The minimum atomic E-state index is -0.667. The molecule has 0 spiro atoms. The second-order valence-corrected chi connectivity index (χ2v) is 11.1. The van der Waals surface area contributed by atoms with Crippen LogP contribution in [0.3, 0.4) is 0 Å². The van der Waals surface area contributed by atoms with E-state index in [0.717, 1.165) is 52.0 Å². The van der Waals surface area contributed by atoms with Crippen LogP contribution in [0.15, 0.2) is 72.8 Å². The van der Waals surface area contributed by atoms with Gasteiger partial charge in [-0.3, -0.25) is 10.1 Å². The van der Waals surface area contributed by atoms with Crippen molar-refractivity contribution in [2.24, 2.45) is 0 Å². The third kappa shape index (κ3) is 5.84. The van der Waals surface area contributed by atoms with Crippen molar-refractivity contribution < 1.29 is 28.2 Å². The summed E-state index contributed by atoms with van der Waals surface area (Å²) in [7, 11) is 1.58. The predicted molar refractivity (Wildman–Crippen MR) is 159 cm³/mol. The zero-order valence-electron chi connectivity index (χ0n) is 23.5. The monoisotopic (exact) mass is 573 g/mol. The van der Waals surface area contributed by atoms with Gasteiger partial charge in [-0.2, -0.15) is 4.39 Å². The summed E-state index contributed by atoms with van der Waals surface area (Å²) >= 11 is 0.930. The number of carbonyl (C=O) groups is 2. The van der Waals surface area contributed by atoms with E-state index in [0.29, 0.717) is 28.5 Å². The van der Waals surface area contributed by atoms with E-state index in [-0.39, 0.29) is 5.97 Å². The molecule has 1 aliphatic rings. The van der Waals surface area contributed by atoms with E-state index < -0.39 is 22.7 Å². The molecule has 3 aromatic carbocycles. The normalized spacial score (nSPS) is 14.2. The maximum atomic E-state index is 14.4. The Morgan fingerprint density at radius 1 is 1.02 bits per heavy atom. The quantitative estimate of drug-likeness (QED) is 0.203. The van der Waals surface area contributed by atoms with Gasteiger partial charge in [-0.25, -0.2) is 4.79 Å². The number of nitrogens with one attached hydrogen (secondary N) is 1. The van der Waals surface area contributed by atoms with Gasteiger partial charge in [0.05, 0.1) is 29.7 Å². The number of anilines is 1. The van der Waals surface area contributed by atoms with E-state index in [1.807, 2.05) is 80.6 Å². The molecule has 1 aliphatic carbocycles. The number of carbonyl (C=O) groups excluding carboxylic acids is 2. The van der Waals surface area contributed by atoms with Crippen molar-refractivity contribution in [1.82, 2.24) is 0 Å². The lowest BCUT2D eigenvalue weighted by molar-refractivity contribution is -0.146. The Hall–Kier alpha value is -4.17. The molecule has 1 saturated carbocycles. The molecule has 0 saturated heterocycles. The average Bonchev–Trinajstić information content (AvgIpc) is 3.70. The van der Waals surface area contributed by atoms with E-state index >= 15 is 0 Å². The maximum Gasteiger partial charge on any atom is 0.412 e. The van der Waals surface area contributed by atoms with Gasteiger partial charge in [0.1, 0.15) is 11.9 Å².